The van der Waals surface area contributed by atoms with E-state index in [0.717, 1.165) is 13.1 Å². The molecule has 0 unspecified atom stereocenters. The first-order valence-electron chi connectivity index (χ1n) is 5.88. The maximum absolute atomic E-state index is 4.12. The molecule has 4 heteroatoms. The Bertz CT molecular complexity index is 276. The maximum Gasteiger partial charge on any atom is 0.222 e. The van der Waals surface area contributed by atoms with E-state index in [1.54, 1.807) is 12.4 Å². The number of nitrogens with zero attached hydrogens (tertiary/aromatic N) is 3. The van der Waals surface area contributed by atoms with E-state index >= 15 is 0 Å². The summed E-state index contributed by atoms with van der Waals surface area (Å²) in [5.41, 5.74) is 0. The number of rotatable bonds is 6. The number of anilines is 1. The van der Waals surface area contributed by atoms with Gasteiger partial charge in [0, 0.05) is 37.6 Å². The average molecular weight is 222 g/mol. The highest BCUT2D eigenvalue weighted by Gasteiger charge is 2.12. The molecule has 1 N–H and O–H groups in total. The fourth-order valence-electron chi connectivity index (χ4n) is 1.80. The molecule has 0 fully saturated rings. The van der Waals surface area contributed by atoms with Crippen molar-refractivity contribution in [3.63, 3.8) is 0 Å². The average Bonchev–Trinajstić information content (AvgIpc) is 2.24. The Kier molecular flexibility index (Phi) is 5.19. The minimum absolute atomic E-state index is 0.568. The van der Waals surface area contributed by atoms with Gasteiger partial charge < -0.3 is 5.32 Å². The summed E-state index contributed by atoms with van der Waals surface area (Å²) in [7, 11) is 0. The van der Waals surface area contributed by atoms with Crippen LogP contribution < -0.4 is 5.32 Å². The molecule has 16 heavy (non-hydrogen) atoms. The summed E-state index contributed by atoms with van der Waals surface area (Å²) in [5.74, 6) is 0.704. The zero-order valence-corrected chi connectivity index (χ0v) is 10.6. The lowest BCUT2D eigenvalue weighted by molar-refractivity contribution is 0.182. The first-order valence-corrected chi connectivity index (χ1v) is 5.88. The minimum atomic E-state index is 0.568. The molecule has 4 nitrogen and oxygen atoms in total. The van der Waals surface area contributed by atoms with Crippen LogP contribution in [0.2, 0.25) is 0 Å². The molecule has 90 valence electrons. The maximum atomic E-state index is 4.12. The first-order chi connectivity index (χ1) is 7.61. The van der Waals surface area contributed by atoms with Crippen molar-refractivity contribution in [2.45, 2.75) is 39.8 Å². The van der Waals surface area contributed by atoms with E-state index < -0.39 is 0 Å². The van der Waals surface area contributed by atoms with E-state index in [-0.39, 0.29) is 0 Å². The predicted octanol–water partition coefficient (Wildman–Crippen LogP) is 2.01. The predicted molar refractivity (Wildman–Crippen MR) is 67.5 cm³/mol. The Hall–Kier alpha value is -1.16. The molecular formula is C12H22N4. The molecule has 0 spiro atoms. The summed E-state index contributed by atoms with van der Waals surface area (Å²) >= 11 is 0. The lowest BCUT2D eigenvalue weighted by Crippen LogP contribution is -2.40. The van der Waals surface area contributed by atoms with E-state index in [9.17, 15) is 0 Å². The van der Waals surface area contributed by atoms with Gasteiger partial charge in [-0.2, -0.15) is 0 Å². The van der Waals surface area contributed by atoms with Gasteiger partial charge in [0.15, 0.2) is 0 Å². The fourth-order valence-corrected chi connectivity index (χ4v) is 1.80. The highest BCUT2D eigenvalue weighted by Crippen LogP contribution is 2.04. The fraction of sp³-hybridized carbons (Fsp3) is 0.667. The Balaban J connectivity index is 2.34. The van der Waals surface area contributed by atoms with Crippen molar-refractivity contribution in [2.24, 2.45) is 0 Å². The van der Waals surface area contributed by atoms with Crippen LogP contribution >= 0.6 is 0 Å². The Morgan fingerprint density at radius 1 is 1.12 bits per heavy atom. The third kappa shape index (κ3) is 4.14. The van der Waals surface area contributed by atoms with Crippen LogP contribution in [0.3, 0.4) is 0 Å². The summed E-state index contributed by atoms with van der Waals surface area (Å²) in [4.78, 5) is 10.7. The third-order valence-corrected chi connectivity index (χ3v) is 2.55. The van der Waals surface area contributed by atoms with Gasteiger partial charge >= 0.3 is 0 Å². The van der Waals surface area contributed by atoms with Gasteiger partial charge in [0.1, 0.15) is 0 Å². The SMILES string of the molecule is CC(C)N(CCNc1ncccn1)C(C)C. The molecule has 0 bridgehead atoms. The van der Waals surface area contributed by atoms with Crippen molar-refractivity contribution in [1.82, 2.24) is 14.9 Å². The number of nitrogens with one attached hydrogen (secondary N) is 1. The van der Waals surface area contributed by atoms with Crippen LogP contribution in [0.25, 0.3) is 0 Å². The van der Waals surface area contributed by atoms with Crippen LogP contribution in [0.5, 0.6) is 0 Å². The Morgan fingerprint density at radius 2 is 1.69 bits per heavy atom. The quantitative estimate of drug-likeness (QED) is 0.799. The highest BCUT2D eigenvalue weighted by atomic mass is 15.2. The second kappa shape index (κ2) is 6.43. The zero-order valence-electron chi connectivity index (χ0n) is 10.6. The standard InChI is InChI=1S/C12H22N4/c1-10(2)16(11(3)4)9-8-15-12-13-6-5-7-14-12/h5-7,10-11H,8-9H2,1-4H3,(H,13,14,15). The van der Waals surface area contributed by atoms with Crippen LogP contribution in [0.4, 0.5) is 5.95 Å². The second-order valence-electron chi connectivity index (χ2n) is 4.42. The molecule has 0 saturated carbocycles. The molecule has 0 saturated heterocycles. The molecule has 1 aromatic heterocycles. The van der Waals surface area contributed by atoms with Crippen molar-refractivity contribution < 1.29 is 0 Å². The Morgan fingerprint density at radius 3 is 2.19 bits per heavy atom. The minimum Gasteiger partial charge on any atom is -0.353 e. The van der Waals surface area contributed by atoms with Crippen LogP contribution in [-0.2, 0) is 0 Å². The summed E-state index contributed by atoms with van der Waals surface area (Å²) in [5, 5.41) is 3.22. The molecule has 0 aliphatic carbocycles. The second-order valence-corrected chi connectivity index (χ2v) is 4.42. The van der Waals surface area contributed by atoms with E-state index in [4.69, 9.17) is 0 Å². The van der Waals surface area contributed by atoms with Gasteiger partial charge in [0.25, 0.3) is 0 Å². The number of hydrogen-bond acceptors (Lipinski definition) is 4. The molecule has 0 aliphatic rings. The van der Waals surface area contributed by atoms with Gasteiger partial charge in [-0.25, -0.2) is 9.97 Å². The molecule has 0 radical (unpaired) electrons. The molecule has 1 rings (SSSR count). The van der Waals surface area contributed by atoms with Crippen LogP contribution in [0.15, 0.2) is 18.5 Å². The van der Waals surface area contributed by atoms with Gasteiger partial charge in [-0.05, 0) is 33.8 Å². The molecular weight excluding hydrogens is 200 g/mol. The largest absolute Gasteiger partial charge is 0.353 e. The van der Waals surface area contributed by atoms with Gasteiger partial charge in [0.05, 0.1) is 0 Å². The van der Waals surface area contributed by atoms with Crippen molar-refractivity contribution in [3.8, 4) is 0 Å². The van der Waals surface area contributed by atoms with Gasteiger partial charge in [-0.15, -0.1) is 0 Å². The summed E-state index contributed by atoms with van der Waals surface area (Å²) in [6, 6.07) is 2.96. The van der Waals surface area contributed by atoms with Gasteiger partial charge in [-0.1, -0.05) is 0 Å². The summed E-state index contributed by atoms with van der Waals surface area (Å²) in [6.07, 6.45) is 3.50. The molecule has 1 aromatic rings. The molecule has 0 atom stereocenters. The first kappa shape index (κ1) is 12.9. The van der Waals surface area contributed by atoms with Crippen LogP contribution in [0.1, 0.15) is 27.7 Å². The normalized spacial score (nSPS) is 11.4. The van der Waals surface area contributed by atoms with Crippen molar-refractivity contribution in [3.05, 3.63) is 18.5 Å². The van der Waals surface area contributed by atoms with E-state index in [2.05, 4.69) is 47.9 Å². The smallest absolute Gasteiger partial charge is 0.222 e. The number of hydrogen-bond donors (Lipinski definition) is 1. The number of aromatic nitrogens is 2. The third-order valence-electron chi connectivity index (χ3n) is 2.55. The lowest BCUT2D eigenvalue weighted by atomic mass is 10.2. The molecule has 0 aliphatic heterocycles. The monoisotopic (exact) mass is 222 g/mol. The van der Waals surface area contributed by atoms with Gasteiger partial charge in [-0.3, -0.25) is 4.90 Å². The zero-order chi connectivity index (χ0) is 12.0. The van der Waals surface area contributed by atoms with E-state index in [1.165, 1.54) is 0 Å². The van der Waals surface area contributed by atoms with Crippen molar-refractivity contribution in [1.29, 1.82) is 0 Å². The summed E-state index contributed by atoms with van der Waals surface area (Å²) < 4.78 is 0. The van der Waals surface area contributed by atoms with Crippen LogP contribution in [0, 0.1) is 0 Å². The lowest BCUT2D eigenvalue weighted by Gasteiger charge is -2.30. The summed E-state index contributed by atoms with van der Waals surface area (Å²) in [6.45, 7) is 10.8. The molecule has 1 heterocycles. The van der Waals surface area contributed by atoms with E-state index in [0.29, 0.717) is 18.0 Å². The van der Waals surface area contributed by atoms with Crippen molar-refractivity contribution >= 4 is 5.95 Å². The van der Waals surface area contributed by atoms with E-state index in [1.807, 2.05) is 6.07 Å². The Labute approximate surface area is 98.1 Å². The van der Waals surface area contributed by atoms with Crippen LogP contribution in [-0.4, -0.2) is 40.0 Å². The highest BCUT2D eigenvalue weighted by molar-refractivity contribution is 5.21. The molecule has 0 aromatic carbocycles. The molecule has 0 amide bonds. The van der Waals surface area contributed by atoms with Gasteiger partial charge in [0.2, 0.25) is 5.95 Å². The van der Waals surface area contributed by atoms with Crippen molar-refractivity contribution in [2.75, 3.05) is 18.4 Å². The topological polar surface area (TPSA) is 41.0 Å².